The van der Waals surface area contributed by atoms with Crippen LogP contribution < -0.4 is 4.72 Å². The number of sulfonamides is 1. The second-order valence-corrected chi connectivity index (χ2v) is 9.02. The summed E-state index contributed by atoms with van der Waals surface area (Å²) < 4.78 is 30.0. The third-order valence-corrected chi connectivity index (χ3v) is 5.91. The summed E-state index contributed by atoms with van der Waals surface area (Å²) in [6, 6.07) is 14.1. The maximum atomic E-state index is 12.9. The number of nitro groups is 1. The molecule has 30 heavy (non-hydrogen) atoms. The lowest BCUT2D eigenvalue weighted by molar-refractivity contribution is -0.384. The Morgan fingerprint density at radius 1 is 1.13 bits per heavy atom. The lowest BCUT2D eigenvalue weighted by Crippen LogP contribution is -2.14. The molecule has 0 atom stereocenters. The van der Waals surface area contributed by atoms with Crippen molar-refractivity contribution in [1.29, 1.82) is 0 Å². The lowest BCUT2D eigenvalue weighted by Gasteiger charge is -2.06. The summed E-state index contributed by atoms with van der Waals surface area (Å²) in [4.78, 5) is 14.8. The standard InChI is InChI=1S/C20H19N5O4S/c1-13(2)12-24-20-17(11-14-5-3-4-6-18(14)21-20)19(22-24)23-30(28,29)16-9-7-15(8-10-16)25(26)27/h3-11,13H,12H2,1-2H3,(H,22,23). The van der Waals surface area contributed by atoms with Gasteiger partial charge in [-0.1, -0.05) is 32.0 Å². The molecule has 1 N–H and O–H groups in total. The van der Waals surface area contributed by atoms with Crippen molar-refractivity contribution in [1.82, 2.24) is 14.8 Å². The first-order chi connectivity index (χ1) is 14.2. The van der Waals surface area contributed by atoms with Crippen molar-refractivity contribution in [3.63, 3.8) is 0 Å². The molecule has 0 amide bonds. The molecule has 0 aliphatic heterocycles. The van der Waals surface area contributed by atoms with Crippen LogP contribution in [0.3, 0.4) is 0 Å². The number of benzene rings is 2. The molecule has 0 unspecified atom stereocenters. The van der Waals surface area contributed by atoms with Gasteiger partial charge in [0, 0.05) is 24.1 Å². The van der Waals surface area contributed by atoms with E-state index in [4.69, 9.17) is 0 Å². The van der Waals surface area contributed by atoms with Crippen LogP contribution in [-0.2, 0) is 16.6 Å². The normalized spacial score (nSPS) is 12.0. The average molecular weight is 425 g/mol. The van der Waals surface area contributed by atoms with Gasteiger partial charge in [-0.15, -0.1) is 0 Å². The maximum absolute atomic E-state index is 12.9. The highest BCUT2D eigenvalue weighted by atomic mass is 32.2. The summed E-state index contributed by atoms with van der Waals surface area (Å²) in [6.45, 7) is 4.64. The second-order valence-electron chi connectivity index (χ2n) is 7.33. The predicted octanol–water partition coefficient (Wildman–Crippen LogP) is 3.95. The molecule has 4 aromatic rings. The number of hydrogen-bond donors (Lipinski definition) is 1. The van der Waals surface area contributed by atoms with E-state index in [9.17, 15) is 18.5 Å². The number of aromatic nitrogens is 3. The third-order valence-electron chi connectivity index (χ3n) is 4.55. The van der Waals surface area contributed by atoms with Crippen LogP contribution in [0.25, 0.3) is 21.9 Å². The zero-order valence-corrected chi connectivity index (χ0v) is 17.1. The Hall–Kier alpha value is -3.53. The van der Waals surface area contributed by atoms with Gasteiger partial charge in [-0.2, -0.15) is 5.10 Å². The van der Waals surface area contributed by atoms with Gasteiger partial charge >= 0.3 is 0 Å². The smallest absolute Gasteiger partial charge is 0.261 e. The minimum atomic E-state index is -3.99. The average Bonchev–Trinajstić information content (AvgIpc) is 3.01. The Labute approximate surface area is 172 Å². The van der Waals surface area contributed by atoms with Crippen LogP contribution in [0.5, 0.6) is 0 Å². The van der Waals surface area contributed by atoms with Crippen LogP contribution >= 0.6 is 0 Å². The van der Waals surface area contributed by atoms with E-state index < -0.39 is 14.9 Å². The number of fused-ring (bicyclic) bond motifs is 2. The fraction of sp³-hybridized carbons (Fsp3) is 0.200. The van der Waals surface area contributed by atoms with Gasteiger partial charge in [-0.25, -0.2) is 18.1 Å². The molecule has 0 saturated heterocycles. The van der Waals surface area contributed by atoms with Gasteiger partial charge < -0.3 is 0 Å². The van der Waals surface area contributed by atoms with Crippen LogP contribution in [0.15, 0.2) is 59.5 Å². The van der Waals surface area contributed by atoms with Crippen molar-refractivity contribution in [3.05, 3.63) is 64.7 Å². The summed E-state index contributed by atoms with van der Waals surface area (Å²) in [7, 11) is -3.99. The minimum Gasteiger partial charge on any atom is -0.261 e. The molecule has 10 heteroatoms. The molecule has 4 rings (SSSR count). The zero-order valence-electron chi connectivity index (χ0n) is 16.3. The van der Waals surface area contributed by atoms with Gasteiger partial charge in [0.1, 0.15) is 0 Å². The number of pyridine rings is 1. The first-order valence-electron chi connectivity index (χ1n) is 9.28. The highest BCUT2D eigenvalue weighted by Gasteiger charge is 2.21. The fourth-order valence-corrected chi connectivity index (χ4v) is 4.20. The Morgan fingerprint density at radius 3 is 2.50 bits per heavy atom. The number of nitro benzene ring substituents is 1. The molecule has 2 heterocycles. The van der Waals surface area contributed by atoms with E-state index in [2.05, 4.69) is 14.8 Å². The largest absolute Gasteiger partial charge is 0.269 e. The minimum absolute atomic E-state index is 0.0894. The van der Waals surface area contributed by atoms with Crippen LogP contribution in [0, 0.1) is 16.0 Å². The summed E-state index contributed by atoms with van der Waals surface area (Å²) in [5.74, 6) is 0.447. The Bertz CT molecular complexity index is 1360. The number of anilines is 1. The van der Waals surface area contributed by atoms with E-state index >= 15 is 0 Å². The molecule has 0 saturated carbocycles. The van der Waals surface area contributed by atoms with Crippen LogP contribution in [-0.4, -0.2) is 28.1 Å². The van der Waals surface area contributed by atoms with Crippen molar-refractivity contribution >= 4 is 43.5 Å². The fourth-order valence-electron chi connectivity index (χ4n) is 3.18. The summed E-state index contributed by atoms with van der Waals surface area (Å²) in [6.07, 6.45) is 0. The van der Waals surface area contributed by atoms with Gasteiger partial charge in [0.05, 0.1) is 20.7 Å². The molecule has 0 bridgehead atoms. The maximum Gasteiger partial charge on any atom is 0.269 e. The third kappa shape index (κ3) is 3.69. The Kier molecular flexibility index (Phi) is 4.86. The molecule has 154 valence electrons. The molecule has 0 aliphatic carbocycles. The van der Waals surface area contributed by atoms with E-state index in [1.807, 2.05) is 44.2 Å². The van der Waals surface area contributed by atoms with Crippen LogP contribution in [0.2, 0.25) is 0 Å². The summed E-state index contributed by atoms with van der Waals surface area (Å²) >= 11 is 0. The lowest BCUT2D eigenvalue weighted by atomic mass is 10.2. The highest BCUT2D eigenvalue weighted by Crippen LogP contribution is 2.28. The van der Waals surface area contributed by atoms with Crippen molar-refractivity contribution < 1.29 is 13.3 Å². The van der Waals surface area contributed by atoms with Gasteiger partial charge in [-0.3, -0.25) is 14.8 Å². The van der Waals surface area contributed by atoms with E-state index in [0.29, 0.717) is 17.6 Å². The predicted molar refractivity (Wildman–Crippen MR) is 114 cm³/mol. The quantitative estimate of drug-likeness (QED) is 0.369. The molecule has 0 aliphatic rings. The van der Waals surface area contributed by atoms with Gasteiger partial charge in [-0.05, 0) is 30.2 Å². The second kappa shape index (κ2) is 7.38. The molecule has 2 aromatic carbocycles. The number of rotatable bonds is 6. The zero-order chi connectivity index (χ0) is 21.5. The first-order valence-corrected chi connectivity index (χ1v) is 10.8. The summed E-state index contributed by atoms with van der Waals surface area (Å²) in [5.41, 5.74) is 1.19. The van der Waals surface area contributed by atoms with Crippen molar-refractivity contribution in [2.75, 3.05) is 4.72 Å². The number of nitrogens with zero attached hydrogens (tertiary/aromatic N) is 4. The number of hydrogen-bond acceptors (Lipinski definition) is 6. The van der Waals surface area contributed by atoms with Gasteiger partial charge in [0.15, 0.2) is 11.5 Å². The number of non-ortho nitro benzene ring substituents is 1. The molecular formula is C20H19N5O4S. The van der Waals surface area contributed by atoms with E-state index in [0.717, 1.165) is 23.0 Å². The van der Waals surface area contributed by atoms with Gasteiger partial charge in [0.25, 0.3) is 15.7 Å². The number of para-hydroxylation sites is 1. The first kappa shape index (κ1) is 19.8. The van der Waals surface area contributed by atoms with E-state index in [1.165, 1.54) is 12.1 Å². The summed E-state index contributed by atoms with van der Waals surface area (Å²) in [5, 5.41) is 16.7. The number of nitrogens with one attached hydrogen (secondary N) is 1. The monoisotopic (exact) mass is 425 g/mol. The molecule has 2 aromatic heterocycles. The molecule has 9 nitrogen and oxygen atoms in total. The van der Waals surface area contributed by atoms with Crippen molar-refractivity contribution in [3.8, 4) is 0 Å². The molecular weight excluding hydrogens is 406 g/mol. The van der Waals surface area contributed by atoms with Gasteiger partial charge in [0.2, 0.25) is 0 Å². The SMILES string of the molecule is CC(C)Cn1nc(NS(=O)(=O)c2ccc([N+](=O)[O-])cc2)c2cc3ccccc3nc21. The van der Waals surface area contributed by atoms with E-state index in [1.54, 1.807) is 4.68 Å². The van der Waals surface area contributed by atoms with Crippen molar-refractivity contribution in [2.45, 2.75) is 25.3 Å². The molecule has 0 spiro atoms. The topological polar surface area (TPSA) is 120 Å². The Morgan fingerprint density at radius 2 is 1.83 bits per heavy atom. The molecule has 0 radical (unpaired) electrons. The Balaban J connectivity index is 1.81. The van der Waals surface area contributed by atoms with E-state index in [-0.39, 0.29) is 22.3 Å². The van der Waals surface area contributed by atoms with Crippen LogP contribution in [0.1, 0.15) is 13.8 Å². The van der Waals surface area contributed by atoms with Crippen LogP contribution in [0.4, 0.5) is 11.5 Å². The molecule has 0 fully saturated rings. The highest BCUT2D eigenvalue weighted by molar-refractivity contribution is 7.92. The van der Waals surface area contributed by atoms with Crippen molar-refractivity contribution in [2.24, 2.45) is 5.92 Å².